The van der Waals surface area contributed by atoms with Crippen molar-refractivity contribution in [2.24, 2.45) is 0 Å². The van der Waals surface area contributed by atoms with Crippen LogP contribution in [0.1, 0.15) is 11.4 Å². The van der Waals surface area contributed by atoms with Crippen LogP contribution >= 0.6 is 0 Å². The van der Waals surface area contributed by atoms with Crippen molar-refractivity contribution < 1.29 is 22.7 Å². The molecule has 4 rings (SSSR count). The van der Waals surface area contributed by atoms with Crippen LogP contribution in [0.4, 0.5) is 18.0 Å². The Hall–Kier alpha value is -4.09. The minimum Gasteiger partial charge on any atom is -0.406 e. The van der Waals surface area contributed by atoms with Gasteiger partial charge in [0.15, 0.2) is 17.4 Å². The molecule has 152 valence electrons. The first kappa shape index (κ1) is 19.2. The smallest absolute Gasteiger partial charge is 0.406 e. The van der Waals surface area contributed by atoms with Crippen molar-refractivity contribution in [3.8, 4) is 17.4 Å². The normalized spacial score (nSPS) is 11.5. The van der Waals surface area contributed by atoms with Gasteiger partial charge in [-0.25, -0.2) is 35.1 Å². The number of alkyl halides is 3. The quantitative estimate of drug-likeness (QED) is 0.547. The van der Waals surface area contributed by atoms with E-state index in [1.54, 1.807) is 25.4 Å². The predicted octanol–water partition coefficient (Wildman–Crippen LogP) is 3.35. The number of fused-ring (bicyclic) bond motifs is 1. The van der Waals surface area contributed by atoms with Gasteiger partial charge in [0.2, 0.25) is 0 Å². The van der Waals surface area contributed by atoms with Gasteiger partial charge in [0.1, 0.15) is 5.69 Å². The van der Waals surface area contributed by atoms with Crippen LogP contribution in [0.5, 0.6) is 5.75 Å². The van der Waals surface area contributed by atoms with E-state index < -0.39 is 18.0 Å². The van der Waals surface area contributed by atoms with Crippen LogP contribution in [0.15, 0.2) is 49.1 Å². The third-order valence-corrected chi connectivity index (χ3v) is 3.95. The second-order valence-corrected chi connectivity index (χ2v) is 6.00. The van der Waals surface area contributed by atoms with Gasteiger partial charge in [-0.2, -0.15) is 13.2 Å². The molecule has 0 aliphatic rings. The highest BCUT2D eigenvalue weighted by molar-refractivity contribution is 5.83. The maximum Gasteiger partial charge on any atom is 0.433 e. The summed E-state index contributed by atoms with van der Waals surface area (Å²) < 4.78 is 44.7. The Balaban J connectivity index is 1.50. The number of hydrogen-bond donors (Lipinski definition) is 1. The number of carbonyl (C=O) groups excluding carboxylic acids is 1. The van der Waals surface area contributed by atoms with E-state index in [1.807, 2.05) is 0 Å². The molecule has 4 aromatic heterocycles. The Morgan fingerprint density at radius 1 is 1.07 bits per heavy atom. The monoisotopic (exact) mass is 415 g/mol. The average Bonchev–Trinajstić information content (AvgIpc) is 3.11. The van der Waals surface area contributed by atoms with Crippen molar-refractivity contribution in [2.75, 3.05) is 5.43 Å². The van der Waals surface area contributed by atoms with Crippen molar-refractivity contribution in [1.29, 1.82) is 0 Å². The number of nitrogens with zero attached hydrogens (tertiary/aromatic N) is 6. The molecule has 9 nitrogen and oxygen atoms in total. The van der Waals surface area contributed by atoms with E-state index >= 15 is 0 Å². The Kier molecular flexibility index (Phi) is 4.74. The zero-order valence-corrected chi connectivity index (χ0v) is 15.3. The molecule has 4 aromatic rings. The summed E-state index contributed by atoms with van der Waals surface area (Å²) in [5.41, 5.74) is 2.08. The molecular formula is C18H12F3N7O2. The SMILES string of the molecule is Cc1nc(-c2ncccn2)ncc1OC(=O)Nn1ccc2nc(C(F)(F)F)ccc21. The molecule has 0 spiro atoms. The molecule has 0 aliphatic heterocycles. The highest BCUT2D eigenvalue weighted by Gasteiger charge is 2.32. The molecular weight excluding hydrogens is 403 g/mol. The van der Waals surface area contributed by atoms with E-state index in [2.05, 4.69) is 30.3 Å². The van der Waals surface area contributed by atoms with Gasteiger partial charge in [0.25, 0.3) is 0 Å². The summed E-state index contributed by atoms with van der Waals surface area (Å²) in [4.78, 5) is 32.1. The lowest BCUT2D eigenvalue weighted by Gasteiger charge is -2.10. The number of nitrogens with one attached hydrogen (secondary N) is 1. The van der Waals surface area contributed by atoms with E-state index in [0.29, 0.717) is 11.5 Å². The molecule has 0 fully saturated rings. The molecule has 0 radical (unpaired) electrons. The molecule has 4 heterocycles. The summed E-state index contributed by atoms with van der Waals surface area (Å²) in [5, 5.41) is 0. The Bertz CT molecular complexity index is 1230. The first-order valence-corrected chi connectivity index (χ1v) is 8.46. The number of aromatic nitrogens is 6. The van der Waals surface area contributed by atoms with E-state index in [9.17, 15) is 18.0 Å². The lowest BCUT2D eigenvalue weighted by atomic mass is 10.3. The number of halogens is 3. The summed E-state index contributed by atoms with van der Waals surface area (Å²) in [6.07, 6.45) is 0.316. The fraction of sp³-hybridized carbons (Fsp3) is 0.111. The van der Waals surface area contributed by atoms with E-state index in [4.69, 9.17) is 4.74 Å². The van der Waals surface area contributed by atoms with Crippen LogP contribution < -0.4 is 10.2 Å². The number of rotatable bonds is 3. The molecule has 0 atom stereocenters. The number of pyridine rings is 1. The van der Waals surface area contributed by atoms with Gasteiger partial charge in [0.05, 0.1) is 22.9 Å². The molecule has 0 unspecified atom stereocenters. The molecule has 0 aromatic carbocycles. The van der Waals surface area contributed by atoms with Crippen LogP contribution in [0.3, 0.4) is 0 Å². The zero-order valence-electron chi connectivity index (χ0n) is 15.3. The second kappa shape index (κ2) is 7.39. The van der Waals surface area contributed by atoms with Crippen molar-refractivity contribution >= 4 is 17.1 Å². The van der Waals surface area contributed by atoms with Crippen molar-refractivity contribution in [1.82, 2.24) is 29.6 Å². The predicted molar refractivity (Wildman–Crippen MR) is 97.9 cm³/mol. The summed E-state index contributed by atoms with van der Waals surface area (Å²) in [7, 11) is 0. The average molecular weight is 415 g/mol. The van der Waals surface area contributed by atoms with E-state index in [0.717, 1.165) is 6.07 Å². The molecule has 30 heavy (non-hydrogen) atoms. The van der Waals surface area contributed by atoms with E-state index in [-0.39, 0.29) is 22.6 Å². The number of ether oxygens (including phenoxy) is 1. The lowest BCUT2D eigenvalue weighted by molar-refractivity contribution is -0.140. The van der Waals surface area contributed by atoms with Crippen molar-refractivity contribution in [3.63, 3.8) is 0 Å². The number of amides is 1. The van der Waals surface area contributed by atoms with Crippen LogP contribution in [0.2, 0.25) is 0 Å². The van der Waals surface area contributed by atoms with Gasteiger partial charge in [-0.15, -0.1) is 0 Å². The van der Waals surface area contributed by atoms with E-state index in [1.165, 1.54) is 29.2 Å². The van der Waals surface area contributed by atoms with Crippen LogP contribution in [-0.2, 0) is 6.18 Å². The minimum absolute atomic E-state index is 0.0665. The van der Waals surface area contributed by atoms with Crippen molar-refractivity contribution in [3.05, 3.63) is 60.4 Å². The standard InChI is InChI=1S/C18H12F3N7O2/c1-10-13(9-24-16(25-10)15-22-6-2-7-23-15)30-17(29)27-28-8-5-11-12(28)3-4-14(26-11)18(19,20)21/h2-9H,1H3,(H,27,29). The second-order valence-electron chi connectivity index (χ2n) is 6.00. The summed E-state index contributed by atoms with van der Waals surface area (Å²) in [5.74, 6) is 0.686. The van der Waals surface area contributed by atoms with Crippen LogP contribution in [0, 0.1) is 6.92 Å². The first-order chi connectivity index (χ1) is 14.3. The third-order valence-electron chi connectivity index (χ3n) is 3.95. The number of carbonyl (C=O) groups is 1. The molecule has 0 bridgehead atoms. The maximum absolute atomic E-state index is 12.8. The Labute approximate surface area is 166 Å². The molecule has 1 amide bonds. The van der Waals surface area contributed by atoms with Crippen molar-refractivity contribution in [2.45, 2.75) is 13.1 Å². The fourth-order valence-electron chi connectivity index (χ4n) is 2.57. The van der Waals surface area contributed by atoms with Gasteiger partial charge < -0.3 is 4.74 Å². The van der Waals surface area contributed by atoms with Gasteiger partial charge in [-0.3, -0.25) is 4.68 Å². The maximum atomic E-state index is 12.8. The van der Waals surface area contributed by atoms with Gasteiger partial charge in [-0.05, 0) is 31.2 Å². The molecule has 0 aliphatic carbocycles. The molecule has 12 heteroatoms. The highest BCUT2D eigenvalue weighted by atomic mass is 19.4. The molecule has 1 N–H and O–H groups in total. The van der Waals surface area contributed by atoms with Gasteiger partial charge in [0, 0.05) is 18.6 Å². The largest absolute Gasteiger partial charge is 0.433 e. The van der Waals surface area contributed by atoms with Gasteiger partial charge in [-0.1, -0.05) is 0 Å². The zero-order chi connectivity index (χ0) is 21.3. The summed E-state index contributed by atoms with van der Waals surface area (Å²) >= 11 is 0. The molecule has 0 saturated carbocycles. The van der Waals surface area contributed by atoms with Crippen LogP contribution in [-0.4, -0.2) is 35.7 Å². The lowest BCUT2D eigenvalue weighted by Crippen LogP contribution is -2.25. The third kappa shape index (κ3) is 3.87. The Morgan fingerprint density at radius 3 is 2.53 bits per heavy atom. The summed E-state index contributed by atoms with van der Waals surface area (Å²) in [6, 6.07) is 5.03. The fourth-order valence-corrected chi connectivity index (χ4v) is 2.57. The van der Waals surface area contributed by atoms with Crippen LogP contribution in [0.25, 0.3) is 22.7 Å². The number of hydrogen-bond acceptors (Lipinski definition) is 7. The minimum atomic E-state index is -4.56. The van der Waals surface area contributed by atoms with Gasteiger partial charge >= 0.3 is 12.3 Å². The first-order valence-electron chi connectivity index (χ1n) is 8.46. The highest BCUT2D eigenvalue weighted by Crippen LogP contribution is 2.29. The number of aryl methyl sites for hydroxylation is 1. The summed E-state index contributed by atoms with van der Waals surface area (Å²) in [6.45, 7) is 1.62. The Morgan fingerprint density at radius 2 is 1.83 bits per heavy atom. The topological polar surface area (TPSA) is 108 Å². The molecule has 0 saturated heterocycles.